The fraction of sp³-hybridized carbons (Fsp3) is 0.0909. The number of urea groups is 1. The molecule has 31 heavy (non-hydrogen) atoms. The number of aryl methyl sites for hydroxylation is 1. The molecule has 0 saturated heterocycles. The molecule has 0 bridgehead atoms. The first-order valence-electron chi connectivity index (χ1n) is 8.97. The van der Waals surface area contributed by atoms with Crippen molar-refractivity contribution >= 4 is 52.4 Å². The maximum absolute atomic E-state index is 13.7. The third kappa shape index (κ3) is 5.28. The van der Waals surface area contributed by atoms with Crippen molar-refractivity contribution in [1.29, 1.82) is 0 Å². The summed E-state index contributed by atoms with van der Waals surface area (Å²) in [6.07, 6.45) is 0. The van der Waals surface area contributed by atoms with Crippen molar-refractivity contribution in [1.82, 2.24) is 5.32 Å². The molecule has 2 N–H and O–H groups in total. The Morgan fingerprint density at radius 2 is 1.68 bits per heavy atom. The average Bonchev–Trinajstić information content (AvgIpc) is 2.72. The van der Waals surface area contributed by atoms with Crippen molar-refractivity contribution in [3.05, 3.63) is 86.1 Å². The molecule has 0 atom stereocenters. The third-order valence-electron chi connectivity index (χ3n) is 4.36. The molecular weight excluding hydrogens is 466 g/mol. The minimum Gasteiger partial charge on any atom is -0.454 e. The van der Waals surface area contributed by atoms with Gasteiger partial charge in [0.25, 0.3) is 5.91 Å². The van der Waals surface area contributed by atoms with Gasteiger partial charge in [0.2, 0.25) is 0 Å². The highest BCUT2D eigenvalue weighted by Crippen LogP contribution is 2.40. The Hall–Kier alpha value is -2.80. The molecule has 0 heterocycles. The highest BCUT2D eigenvalue weighted by atomic mass is 35.5. The quantitative estimate of drug-likeness (QED) is 0.415. The molecule has 0 aliphatic heterocycles. The van der Waals surface area contributed by atoms with Gasteiger partial charge < -0.3 is 10.1 Å². The highest BCUT2D eigenvalue weighted by molar-refractivity contribution is 6.34. The molecule has 9 heteroatoms. The maximum atomic E-state index is 13.7. The van der Waals surface area contributed by atoms with Gasteiger partial charge in [0.1, 0.15) is 17.3 Å². The number of anilines is 1. The zero-order valence-corrected chi connectivity index (χ0v) is 18.6. The molecular formula is C22H16Cl3FN2O3. The fourth-order valence-electron chi connectivity index (χ4n) is 2.82. The van der Waals surface area contributed by atoms with Gasteiger partial charge in [-0.25, -0.2) is 9.18 Å². The zero-order chi connectivity index (χ0) is 22.7. The molecule has 160 valence electrons. The summed E-state index contributed by atoms with van der Waals surface area (Å²) in [7, 11) is 0. The van der Waals surface area contributed by atoms with Crippen molar-refractivity contribution in [2.24, 2.45) is 0 Å². The molecule has 3 aromatic carbocycles. The number of hydrogen-bond acceptors (Lipinski definition) is 3. The van der Waals surface area contributed by atoms with Crippen molar-refractivity contribution < 1.29 is 18.7 Å². The van der Waals surface area contributed by atoms with E-state index in [2.05, 4.69) is 10.6 Å². The second-order valence-corrected chi connectivity index (χ2v) is 7.79. The molecule has 3 aromatic rings. The summed E-state index contributed by atoms with van der Waals surface area (Å²) < 4.78 is 19.5. The first-order valence-corrected chi connectivity index (χ1v) is 10.1. The molecule has 0 saturated carbocycles. The Kier molecular flexibility index (Phi) is 7.05. The van der Waals surface area contributed by atoms with E-state index in [1.807, 2.05) is 0 Å². The Morgan fingerprint density at radius 3 is 2.39 bits per heavy atom. The van der Waals surface area contributed by atoms with Crippen LogP contribution in [0.2, 0.25) is 15.1 Å². The molecule has 0 unspecified atom stereocenters. The minimum absolute atomic E-state index is 0.234. The van der Waals surface area contributed by atoms with Gasteiger partial charge in [0, 0.05) is 16.8 Å². The SMILES string of the molecule is Cc1cc(Oc2cc(Cl)ccc2Cl)c(Cl)c(C)c1NC(=O)NC(=O)c1ccccc1F. The number of amides is 3. The van der Waals surface area contributed by atoms with Crippen LogP contribution in [0.15, 0.2) is 48.5 Å². The van der Waals surface area contributed by atoms with Crippen LogP contribution in [0.4, 0.5) is 14.9 Å². The van der Waals surface area contributed by atoms with E-state index < -0.39 is 17.8 Å². The van der Waals surface area contributed by atoms with E-state index in [0.29, 0.717) is 38.4 Å². The number of halogens is 4. The zero-order valence-electron chi connectivity index (χ0n) is 16.4. The van der Waals surface area contributed by atoms with Crippen LogP contribution in [0.1, 0.15) is 21.5 Å². The van der Waals surface area contributed by atoms with Gasteiger partial charge in [-0.3, -0.25) is 10.1 Å². The number of ether oxygens (including phenoxy) is 1. The van der Waals surface area contributed by atoms with Crippen LogP contribution < -0.4 is 15.4 Å². The minimum atomic E-state index is -0.868. The second-order valence-electron chi connectivity index (χ2n) is 6.57. The Bertz CT molecular complexity index is 1180. The summed E-state index contributed by atoms with van der Waals surface area (Å²) in [5, 5.41) is 5.69. The van der Waals surface area contributed by atoms with Crippen molar-refractivity contribution in [3.8, 4) is 11.5 Å². The summed E-state index contributed by atoms with van der Waals surface area (Å²) in [5.74, 6) is -0.963. The van der Waals surface area contributed by atoms with Gasteiger partial charge in [-0.2, -0.15) is 0 Å². The summed E-state index contributed by atoms with van der Waals surface area (Å²) >= 11 is 18.6. The van der Waals surface area contributed by atoms with Gasteiger partial charge in [0.05, 0.1) is 15.6 Å². The lowest BCUT2D eigenvalue weighted by atomic mass is 10.1. The van der Waals surface area contributed by atoms with Crippen LogP contribution in [0, 0.1) is 19.7 Å². The molecule has 0 radical (unpaired) electrons. The fourth-order valence-corrected chi connectivity index (χ4v) is 3.33. The number of hydrogen-bond donors (Lipinski definition) is 2. The predicted octanol–water partition coefficient (Wildman–Crippen LogP) is 7.16. The summed E-state index contributed by atoms with van der Waals surface area (Å²) in [6, 6.07) is 10.9. The molecule has 0 aliphatic rings. The van der Waals surface area contributed by atoms with Gasteiger partial charge in [-0.1, -0.05) is 46.9 Å². The van der Waals surface area contributed by atoms with Crippen LogP contribution in [-0.2, 0) is 0 Å². The highest BCUT2D eigenvalue weighted by Gasteiger charge is 2.19. The van der Waals surface area contributed by atoms with E-state index in [4.69, 9.17) is 39.5 Å². The molecule has 0 spiro atoms. The lowest BCUT2D eigenvalue weighted by molar-refractivity contribution is 0.0963. The van der Waals surface area contributed by atoms with E-state index in [0.717, 1.165) is 6.07 Å². The first-order chi connectivity index (χ1) is 14.7. The van der Waals surface area contributed by atoms with Crippen LogP contribution in [-0.4, -0.2) is 11.9 Å². The smallest absolute Gasteiger partial charge is 0.326 e. The lowest BCUT2D eigenvalue weighted by Crippen LogP contribution is -2.35. The van der Waals surface area contributed by atoms with Gasteiger partial charge in [-0.15, -0.1) is 0 Å². The van der Waals surface area contributed by atoms with Crippen LogP contribution in [0.5, 0.6) is 11.5 Å². The van der Waals surface area contributed by atoms with E-state index in [9.17, 15) is 14.0 Å². The average molecular weight is 482 g/mol. The maximum Gasteiger partial charge on any atom is 0.326 e. The Balaban J connectivity index is 1.80. The molecule has 0 fully saturated rings. The largest absolute Gasteiger partial charge is 0.454 e. The van der Waals surface area contributed by atoms with Crippen molar-refractivity contribution in [2.75, 3.05) is 5.32 Å². The molecule has 3 amide bonds. The van der Waals surface area contributed by atoms with Crippen LogP contribution in [0.25, 0.3) is 0 Å². The summed E-state index contributed by atoms with van der Waals surface area (Å²) in [4.78, 5) is 24.4. The van der Waals surface area contributed by atoms with Gasteiger partial charge in [-0.05, 0) is 55.3 Å². The normalized spacial score (nSPS) is 10.5. The van der Waals surface area contributed by atoms with Gasteiger partial charge in [0.15, 0.2) is 0 Å². The van der Waals surface area contributed by atoms with Crippen molar-refractivity contribution in [3.63, 3.8) is 0 Å². The topological polar surface area (TPSA) is 67.4 Å². The standard InChI is InChI=1S/C22H16Cl3FN2O3/c1-11-9-18(31-17-10-13(23)7-8-15(17)24)19(25)12(2)20(11)27-22(30)28-21(29)14-5-3-4-6-16(14)26/h3-10H,1-2H3,(H2,27,28,29,30). The molecule has 0 aliphatic carbocycles. The first kappa shape index (κ1) is 22.9. The van der Waals surface area contributed by atoms with E-state index in [-0.39, 0.29) is 10.6 Å². The predicted molar refractivity (Wildman–Crippen MR) is 120 cm³/mol. The van der Waals surface area contributed by atoms with Crippen molar-refractivity contribution in [2.45, 2.75) is 13.8 Å². The number of imide groups is 1. The van der Waals surface area contributed by atoms with E-state index >= 15 is 0 Å². The van der Waals surface area contributed by atoms with E-state index in [1.165, 1.54) is 18.2 Å². The van der Waals surface area contributed by atoms with Gasteiger partial charge >= 0.3 is 6.03 Å². The van der Waals surface area contributed by atoms with Crippen LogP contribution in [0.3, 0.4) is 0 Å². The summed E-state index contributed by atoms with van der Waals surface area (Å²) in [6.45, 7) is 3.40. The van der Waals surface area contributed by atoms with E-state index in [1.54, 1.807) is 38.1 Å². The number of rotatable bonds is 4. The number of nitrogens with one attached hydrogen (secondary N) is 2. The second kappa shape index (κ2) is 9.56. The third-order valence-corrected chi connectivity index (χ3v) is 5.38. The molecule has 5 nitrogen and oxygen atoms in total. The lowest BCUT2D eigenvalue weighted by Gasteiger charge is -2.17. The number of carbonyl (C=O) groups excluding carboxylic acids is 2. The Morgan fingerprint density at radius 1 is 0.968 bits per heavy atom. The number of carbonyl (C=O) groups is 2. The molecule has 3 rings (SSSR count). The monoisotopic (exact) mass is 480 g/mol. The van der Waals surface area contributed by atoms with Crippen LogP contribution >= 0.6 is 34.8 Å². The molecule has 0 aromatic heterocycles. The number of benzene rings is 3. The summed E-state index contributed by atoms with van der Waals surface area (Å²) in [5.41, 5.74) is 1.26. The Labute approximate surface area is 193 Å².